The lowest BCUT2D eigenvalue weighted by molar-refractivity contribution is -0.142. The maximum absolute atomic E-state index is 12.6. The molecule has 3 atom stereocenters. The summed E-state index contributed by atoms with van der Waals surface area (Å²) in [6.45, 7) is 1.85. The van der Waals surface area contributed by atoms with E-state index in [0.29, 0.717) is 17.9 Å². The quantitative estimate of drug-likeness (QED) is 0.822. The van der Waals surface area contributed by atoms with Gasteiger partial charge in [0, 0.05) is 18.5 Å². The number of hydrogen-bond donors (Lipinski definition) is 2. The molecule has 0 aromatic heterocycles. The number of carboxylic acids is 1. The second-order valence-corrected chi connectivity index (χ2v) is 6.44. The van der Waals surface area contributed by atoms with E-state index in [9.17, 15) is 19.5 Å². The van der Waals surface area contributed by atoms with Crippen LogP contribution in [0.1, 0.15) is 37.8 Å². The third-order valence-corrected chi connectivity index (χ3v) is 4.54. The fourth-order valence-corrected chi connectivity index (χ4v) is 3.27. The first-order valence-corrected chi connectivity index (χ1v) is 8.27. The number of benzene rings is 1. The highest BCUT2D eigenvalue weighted by Gasteiger charge is 2.43. The highest BCUT2D eigenvalue weighted by atomic mass is 35.5. The van der Waals surface area contributed by atoms with Crippen molar-refractivity contribution in [1.82, 2.24) is 10.2 Å². The van der Waals surface area contributed by atoms with E-state index < -0.39 is 29.9 Å². The first-order chi connectivity index (χ1) is 11.3. The molecule has 1 aliphatic rings. The Hall–Kier alpha value is -2.08. The molecule has 3 unspecified atom stereocenters. The normalized spacial score (nSPS) is 21.6. The average Bonchev–Trinajstić information content (AvgIpc) is 2.82. The lowest BCUT2D eigenvalue weighted by Gasteiger charge is -2.26. The third-order valence-electron chi connectivity index (χ3n) is 4.31. The van der Waals surface area contributed by atoms with Crippen LogP contribution in [0.4, 0.5) is 0 Å². The van der Waals surface area contributed by atoms with Gasteiger partial charge in [0.15, 0.2) is 0 Å². The van der Waals surface area contributed by atoms with Crippen LogP contribution in [0.5, 0.6) is 0 Å². The fraction of sp³-hybridized carbons (Fsp3) is 0.471. The van der Waals surface area contributed by atoms with E-state index >= 15 is 0 Å². The molecule has 1 fully saturated rings. The van der Waals surface area contributed by atoms with E-state index in [1.165, 1.54) is 4.90 Å². The number of nitrogens with one attached hydrogen (secondary N) is 1. The van der Waals surface area contributed by atoms with Crippen LogP contribution in [0, 0.1) is 5.92 Å². The number of halogens is 1. The van der Waals surface area contributed by atoms with Gasteiger partial charge in [-0.05, 0) is 24.1 Å². The van der Waals surface area contributed by atoms with Gasteiger partial charge >= 0.3 is 5.97 Å². The molecule has 1 saturated heterocycles. The first kappa shape index (κ1) is 18.3. The molecule has 0 radical (unpaired) electrons. The summed E-state index contributed by atoms with van der Waals surface area (Å²) in [5, 5.41) is 12.3. The molecule has 1 aliphatic heterocycles. The van der Waals surface area contributed by atoms with E-state index in [-0.39, 0.29) is 12.3 Å². The lowest BCUT2D eigenvalue weighted by Crippen LogP contribution is -2.44. The van der Waals surface area contributed by atoms with Gasteiger partial charge in [0.2, 0.25) is 11.8 Å². The molecule has 24 heavy (non-hydrogen) atoms. The summed E-state index contributed by atoms with van der Waals surface area (Å²) in [5.74, 6) is -2.28. The van der Waals surface area contributed by atoms with Gasteiger partial charge in [-0.3, -0.25) is 9.59 Å². The first-order valence-electron chi connectivity index (χ1n) is 7.89. The minimum Gasteiger partial charge on any atom is -0.480 e. The maximum atomic E-state index is 12.6. The smallest absolute Gasteiger partial charge is 0.326 e. The van der Waals surface area contributed by atoms with Gasteiger partial charge in [-0.15, -0.1) is 0 Å². The van der Waals surface area contributed by atoms with Gasteiger partial charge in [0.25, 0.3) is 0 Å². The molecule has 0 aliphatic carbocycles. The van der Waals surface area contributed by atoms with Gasteiger partial charge in [-0.2, -0.15) is 0 Å². The fourth-order valence-electron chi connectivity index (χ4n) is 3.08. The number of rotatable bonds is 6. The Morgan fingerprint density at radius 3 is 2.75 bits per heavy atom. The van der Waals surface area contributed by atoms with E-state index in [4.69, 9.17) is 11.6 Å². The topological polar surface area (TPSA) is 86.7 Å². The summed E-state index contributed by atoms with van der Waals surface area (Å²) in [4.78, 5) is 37.5. The highest BCUT2D eigenvalue weighted by molar-refractivity contribution is 6.30. The van der Waals surface area contributed by atoms with Crippen LogP contribution in [0.3, 0.4) is 0 Å². The monoisotopic (exact) mass is 352 g/mol. The largest absolute Gasteiger partial charge is 0.480 e. The Bertz CT molecular complexity index is 649. The van der Waals surface area contributed by atoms with Gasteiger partial charge in [-0.1, -0.05) is 37.1 Å². The van der Waals surface area contributed by atoms with E-state index in [0.717, 1.165) is 5.56 Å². The molecule has 0 saturated carbocycles. The van der Waals surface area contributed by atoms with Crippen molar-refractivity contribution in [3.05, 3.63) is 34.9 Å². The number of amides is 2. The third kappa shape index (κ3) is 3.87. The molecule has 0 spiro atoms. The van der Waals surface area contributed by atoms with Crippen molar-refractivity contribution in [2.45, 2.75) is 38.3 Å². The Morgan fingerprint density at radius 1 is 1.46 bits per heavy atom. The highest BCUT2D eigenvalue weighted by Crippen LogP contribution is 2.37. The van der Waals surface area contributed by atoms with Crippen molar-refractivity contribution in [3.63, 3.8) is 0 Å². The summed E-state index contributed by atoms with van der Waals surface area (Å²) in [6.07, 6.45) is 1.04. The van der Waals surface area contributed by atoms with Crippen LogP contribution in [-0.2, 0) is 14.4 Å². The molecule has 1 aromatic rings. The summed E-state index contributed by atoms with van der Waals surface area (Å²) in [6, 6.07) is 5.63. The van der Waals surface area contributed by atoms with Gasteiger partial charge < -0.3 is 15.3 Å². The molecule has 6 nitrogen and oxygen atoms in total. The SMILES string of the molecule is CCCC(NC(=O)C1CC(=O)N(C)C1c1cccc(Cl)c1)C(=O)O. The molecule has 2 rings (SSSR count). The van der Waals surface area contributed by atoms with Crippen molar-refractivity contribution in [1.29, 1.82) is 0 Å². The number of likely N-dealkylation sites (tertiary alicyclic amines) is 1. The number of hydrogen-bond acceptors (Lipinski definition) is 3. The van der Waals surface area contributed by atoms with Crippen molar-refractivity contribution in [2.24, 2.45) is 5.92 Å². The van der Waals surface area contributed by atoms with E-state index in [1.807, 2.05) is 13.0 Å². The minimum absolute atomic E-state index is 0.0535. The number of carbonyl (C=O) groups excluding carboxylic acids is 2. The number of carbonyl (C=O) groups is 3. The van der Waals surface area contributed by atoms with E-state index in [1.54, 1.807) is 25.2 Å². The molecular formula is C17H21ClN2O4. The van der Waals surface area contributed by atoms with Gasteiger partial charge in [0.05, 0.1) is 12.0 Å². The lowest BCUT2D eigenvalue weighted by atomic mass is 9.92. The van der Waals surface area contributed by atoms with Crippen LogP contribution in [0.15, 0.2) is 24.3 Å². The predicted molar refractivity (Wildman–Crippen MR) is 89.5 cm³/mol. The molecular weight excluding hydrogens is 332 g/mol. The molecule has 130 valence electrons. The van der Waals surface area contributed by atoms with Gasteiger partial charge in [-0.25, -0.2) is 4.79 Å². The van der Waals surface area contributed by atoms with Crippen molar-refractivity contribution in [3.8, 4) is 0 Å². The predicted octanol–water partition coefficient (Wildman–Crippen LogP) is 2.23. The zero-order valence-corrected chi connectivity index (χ0v) is 14.4. The molecule has 0 bridgehead atoms. The minimum atomic E-state index is -1.07. The van der Waals surface area contributed by atoms with Crippen LogP contribution in [0.25, 0.3) is 0 Å². The average molecular weight is 353 g/mol. The molecule has 2 N–H and O–H groups in total. The van der Waals surface area contributed by atoms with E-state index in [2.05, 4.69) is 5.32 Å². The summed E-state index contributed by atoms with van der Waals surface area (Å²) in [5.41, 5.74) is 0.762. The standard InChI is InChI=1S/C17H21ClN2O4/c1-3-5-13(17(23)24)19-16(22)12-9-14(21)20(2)15(12)10-6-4-7-11(18)8-10/h4,6-8,12-13,15H,3,5,9H2,1-2H3,(H,19,22)(H,23,24). The van der Waals surface area contributed by atoms with Crippen molar-refractivity contribution < 1.29 is 19.5 Å². The van der Waals surface area contributed by atoms with Crippen molar-refractivity contribution in [2.75, 3.05) is 7.05 Å². The molecule has 1 aromatic carbocycles. The number of nitrogens with zero attached hydrogens (tertiary/aromatic N) is 1. The maximum Gasteiger partial charge on any atom is 0.326 e. The van der Waals surface area contributed by atoms with Crippen LogP contribution in [0.2, 0.25) is 5.02 Å². The Morgan fingerprint density at radius 2 is 2.17 bits per heavy atom. The van der Waals surface area contributed by atoms with Crippen LogP contribution >= 0.6 is 11.6 Å². The van der Waals surface area contributed by atoms with Gasteiger partial charge in [0.1, 0.15) is 6.04 Å². The Balaban J connectivity index is 2.24. The Labute approximate surface area is 145 Å². The zero-order chi connectivity index (χ0) is 17.9. The van der Waals surface area contributed by atoms with Crippen molar-refractivity contribution >= 4 is 29.4 Å². The number of carboxylic acid groups (broad SMARTS) is 1. The molecule has 1 heterocycles. The summed E-state index contributed by atoms with van der Waals surface area (Å²) in [7, 11) is 1.64. The van der Waals surface area contributed by atoms with Crippen LogP contribution < -0.4 is 5.32 Å². The number of aliphatic carboxylic acids is 1. The van der Waals surface area contributed by atoms with Crippen LogP contribution in [-0.4, -0.2) is 40.9 Å². The second-order valence-electron chi connectivity index (χ2n) is 6.00. The zero-order valence-electron chi connectivity index (χ0n) is 13.7. The summed E-state index contributed by atoms with van der Waals surface area (Å²) >= 11 is 6.02. The summed E-state index contributed by atoms with van der Waals surface area (Å²) < 4.78 is 0. The Kier molecular flexibility index (Phi) is 5.83. The molecule has 7 heteroatoms. The molecule has 2 amide bonds. The second kappa shape index (κ2) is 7.66.